The minimum atomic E-state index is -0.178. The molecule has 116 valence electrons. The van der Waals surface area contributed by atoms with E-state index in [2.05, 4.69) is 5.32 Å². The number of ether oxygens (including phenoxy) is 2. The van der Waals surface area contributed by atoms with E-state index in [4.69, 9.17) is 15.2 Å². The Morgan fingerprint density at radius 2 is 2.00 bits per heavy atom. The van der Waals surface area contributed by atoms with Crippen LogP contribution >= 0.6 is 0 Å². The van der Waals surface area contributed by atoms with Crippen molar-refractivity contribution in [1.82, 2.24) is 0 Å². The van der Waals surface area contributed by atoms with E-state index in [-0.39, 0.29) is 18.6 Å². The van der Waals surface area contributed by atoms with Gasteiger partial charge in [-0.3, -0.25) is 4.79 Å². The Balaban J connectivity index is 1.85. The van der Waals surface area contributed by atoms with E-state index in [1.807, 2.05) is 0 Å². The van der Waals surface area contributed by atoms with Crippen molar-refractivity contribution in [2.24, 2.45) is 0 Å². The van der Waals surface area contributed by atoms with Crippen molar-refractivity contribution < 1.29 is 14.3 Å². The van der Waals surface area contributed by atoms with Crippen LogP contribution in [0.3, 0.4) is 0 Å². The SMILES string of the molecule is COc1ccc(N)cc1NC(=O)COC1CCCCCC1. The van der Waals surface area contributed by atoms with Crippen molar-refractivity contribution in [3.8, 4) is 5.75 Å². The summed E-state index contributed by atoms with van der Waals surface area (Å²) in [6.45, 7) is 0.0720. The normalized spacial score (nSPS) is 16.2. The molecule has 0 unspecified atom stereocenters. The topological polar surface area (TPSA) is 73.6 Å². The van der Waals surface area contributed by atoms with Crippen LogP contribution in [0.4, 0.5) is 11.4 Å². The van der Waals surface area contributed by atoms with Crippen molar-refractivity contribution in [2.45, 2.75) is 44.6 Å². The third-order valence-electron chi connectivity index (χ3n) is 3.75. The predicted octanol–water partition coefficient (Wildman–Crippen LogP) is 2.96. The molecule has 0 saturated heterocycles. The smallest absolute Gasteiger partial charge is 0.250 e. The molecule has 1 saturated carbocycles. The minimum absolute atomic E-state index is 0.0720. The average Bonchev–Trinajstić information content (AvgIpc) is 2.74. The highest BCUT2D eigenvalue weighted by Crippen LogP contribution is 2.26. The molecule has 0 spiro atoms. The third-order valence-corrected chi connectivity index (χ3v) is 3.75. The third kappa shape index (κ3) is 4.93. The van der Waals surface area contributed by atoms with Gasteiger partial charge in [-0.25, -0.2) is 0 Å². The first kappa shape index (κ1) is 15.6. The van der Waals surface area contributed by atoms with Gasteiger partial charge in [-0.2, -0.15) is 0 Å². The highest BCUT2D eigenvalue weighted by atomic mass is 16.5. The maximum absolute atomic E-state index is 12.0. The summed E-state index contributed by atoms with van der Waals surface area (Å²) in [6.07, 6.45) is 7.23. The second kappa shape index (κ2) is 7.88. The molecule has 5 heteroatoms. The Morgan fingerprint density at radius 3 is 2.67 bits per heavy atom. The first-order valence-electron chi connectivity index (χ1n) is 7.54. The van der Waals surface area contributed by atoms with E-state index in [0.717, 1.165) is 12.8 Å². The summed E-state index contributed by atoms with van der Waals surface area (Å²) in [4.78, 5) is 12.0. The van der Waals surface area contributed by atoms with Gasteiger partial charge in [-0.15, -0.1) is 0 Å². The molecule has 0 aliphatic heterocycles. The van der Waals surface area contributed by atoms with Crippen LogP contribution in [-0.2, 0) is 9.53 Å². The van der Waals surface area contributed by atoms with Gasteiger partial charge in [0.15, 0.2) is 0 Å². The zero-order valence-electron chi connectivity index (χ0n) is 12.6. The number of anilines is 2. The van der Waals surface area contributed by atoms with Gasteiger partial charge in [-0.1, -0.05) is 25.7 Å². The lowest BCUT2D eigenvalue weighted by molar-refractivity contribution is -0.122. The van der Waals surface area contributed by atoms with Crippen molar-refractivity contribution in [2.75, 3.05) is 24.8 Å². The zero-order chi connectivity index (χ0) is 15.1. The Hall–Kier alpha value is -1.75. The molecule has 2 rings (SSSR count). The molecule has 0 atom stereocenters. The van der Waals surface area contributed by atoms with Crippen LogP contribution in [-0.4, -0.2) is 25.7 Å². The Morgan fingerprint density at radius 1 is 1.29 bits per heavy atom. The number of methoxy groups -OCH3 is 1. The zero-order valence-corrected chi connectivity index (χ0v) is 12.6. The summed E-state index contributed by atoms with van der Waals surface area (Å²) in [7, 11) is 1.56. The summed E-state index contributed by atoms with van der Waals surface area (Å²) in [5, 5.41) is 2.79. The first-order valence-corrected chi connectivity index (χ1v) is 7.54. The largest absolute Gasteiger partial charge is 0.495 e. The molecular weight excluding hydrogens is 268 g/mol. The molecule has 1 aliphatic carbocycles. The van der Waals surface area contributed by atoms with Gasteiger partial charge in [-0.05, 0) is 31.0 Å². The molecular formula is C16H24N2O3. The molecule has 3 N–H and O–H groups in total. The lowest BCUT2D eigenvalue weighted by atomic mass is 10.1. The number of nitrogen functional groups attached to an aromatic ring is 1. The van der Waals surface area contributed by atoms with Crippen molar-refractivity contribution >= 4 is 17.3 Å². The lowest BCUT2D eigenvalue weighted by Gasteiger charge is -2.16. The van der Waals surface area contributed by atoms with Crippen LogP contribution in [0.1, 0.15) is 38.5 Å². The number of carbonyl (C=O) groups is 1. The van der Waals surface area contributed by atoms with Crippen molar-refractivity contribution in [3.05, 3.63) is 18.2 Å². The Kier molecular flexibility index (Phi) is 5.87. The van der Waals surface area contributed by atoms with E-state index in [9.17, 15) is 4.79 Å². The molecule has 0 radical (unpaired) electrons. The second-order valence-electron chi connectivity index (χ2n) is 5.43. The molecule has 5 nitrogen and oxygen atoms in total. The second-order valence-corrected chi connectivity index (χ2v) is 5.43. The predicted molar refractivity (Wildman–Crippen MR) is 83.5 cm³/mol. The van der Waals surface area contributed by atoms with Crippen LogP contribution in [0.5, 0.6) is 5.75 Å². The van der Waals surface area contributed by atoms with E-state index < -0.39 is 0 Å². The quantitative estimate of drug-likeness (QED) is 0.646. The number of benzene rings is 1. The number of hydrogen-bond acceptors (Lipinski definition) is 4. The monoisotopic (exact) mass is 292 g/mol. The number of hydrogen-bond donors (Lipinski definition) is 2. The number of nitrogens with two attached hydrogens (primary N) is 1. The number of rotatable bonds is 5. The van der Waals surface area contributed by atoms with Crippen LogP contribution in [0.25, 0.3) is 0 Å². The molecule has 1 aromatic rings. The maximum atomic E-state index is 12.0. The van der Waals surface area contributed by atoms with Crippen molar-refractivity contribution in [1.29, 1.82) is 0 Å². The molecule has 1 aliphatic rings. The fourth-order valence-electron chi connectivity index (χ4n) is 2.61. The summed E-state index contributed by atoms with van der Waals surface area (Å²) < 4.78 is 10.9. The van der Waals surface area contributed by atoms with E-state index in [0.29, 0.717) is 17.1 Å². The molecule has 0 bridgehead atoms. The Bertz CT molecular complexity index is 469. The fraction of sp³-hybridized carbons (Fsp3) is 0.562. The van der Waals surface area contributed by atoms with E-state index in [1.54, 1.807) is 25.3 Å². The van der Waals surface area contributed by atoms with E-state index in [1.165, 1.54) is 25.7 Å². The average molecular weight is 292 g/mol. The van der Waals surface area contributed by atoms with Gasteiger partial charge in [0.1, 0.15) is 12.4 Å². The molecule has 21 heavy (non-hydrogen) atoms. The van der Waals surface area contributed by atoms with Gasteiger partial charge >= 0.3 is 0 Å². The van der Waals surface area contributed by atoms with Gasteiger partial charge in [0.05, 0.1) is 18.9 Å². The van der Waals surface area contributed by atoms with Gasteiger partial charge in [0.2, 0.25) is 5.91 Å². The molecule has 1 fully saturated rings. The van der Waals surface area contributed by atoms with Crippen LogP contribution in [0.15, 0.2) is 18.2 Å². The standard InChI is InChI=1S/C16H24N2O3/c1-20-15-9-8-12(17)10-14(15)18-16(19)11-21-13-6-4-2-3-5-7-13/h8-10,13H,2-7,11,17H2,1H3,(H,18,19). The fourth-order valence-corrected chi connectivity index (χ4v) is 2.61. The number of carbonyl (C=O) groups excluding carboxylic acids is 1. The number of amides is 1. The summed E-state index contributed by atoms with van der Waals surface area (Å²) in [5.74, 6) is 0.412. The Labute approximate surface area is 125 Å². The van der Waals surface area contributed by atoms with Gasteiger partial charge < -0.3 is 20.5 Å². The van der Waals surface area contributed by atoms with Crippen molar-refractivity contribution in [3.63, 3.8) is 0 Å². The van der Waals surface area contributed by atoms with Gasteiger partial charge in [0, 0.05) is 5.69 Å². The summed E-state index contributed by atoms with van der Waals surface area (Å²) in [6, 6.07) is 5.15. The summed E-state index contributed by atoms with van der Waals surface area (Å²) >= 11 is 0. The van der Waals surface area contributed by atoms with Crippen LogP contribution in [0, 0.1) is 0 Å². The highest BCUT2D eigenvalue weighted by Gasteiger charge is 2.15. The first-order chi connectivity index (χ1) is 10.2. The molecule has 0 heterocycles. The minimum Gasteiger partial charge on any atom is -0.495 e. The molecule has 0 aromatic heterocycles. The highest BCUT2D eigenvalue weighted by molar-refractivity contribution is 5.93. The lowest BCUT2D eigenvalue weighted by Crippen LogP contribution is -2.23. The number of nitrogens with one attached hydrogen (secondary N) is 1. The summed E-state index contributed by atoms with van der Waals surface area (Å²) in [5.41, 5.74) is 6.88. The van der Waals surface area contributed by atoms with Crippen LogP contribution in [0.2, 0.25) is 0 Å². The molecule has 1 aromatic carbocycles. The maximum Gasteiger partial charge on any atom is 0.250 e. The van der Waals surface area contributed by atoms with E-state index >= 15 is 0 Å². The molecule has 1 amide bonds. The van der Waals surface area contributed by atoms with Gasteiger partial charge in [0.25, 0.3) is 0 Å². The van der Waals surface area contributed by atoms with Crippen LogP contribution < -0.4 is 15.8 Å².